The van der Waals surface area contributed by atoms with Gasteiger partial charge in [0.25, 0.3) is 5.91 Å². The summed E-state index contributed by atoms with van der Waals surface area (Å²) < 4.78 is 5.44. The van der Waals surface area contributed by atoms with Gasteiger partial charge in [-0.15, -0.1) is 0 Å². The fraction of sp³-hybridized carbons (Fsp3) is 0.370. The summed E-state index contributed by atoms with van der Waals surface area (Å²) in [4.78, 5) is 45.0. The van der Waals surface area contributed by atoms with E-state index in [1.165, 1.54) is 0 Å². The lowest BCUT2D eigenvalue weighted by molar-refractivity contribution is -0.132. The number of pyridine rings is 1. The molecule has 3 aromatic rings. The van der Waals surface area contributed by atoms with E-state index in [9.17, 15) is 9.59 Å². The Morgan fingerprint density at radius 2 is 1.74 bits per heavy atom. The van der Waals surface area contributed by atoms with Gasteiger partial charge in [-0.05, 0) is 18.1 Å². The van der Waals surface area contributed by atoms with Gasteiger partial charge in [-0.25, -0.2) is 9.97 Å². The number of rotatable bonds is 7. The van der Waals surface area contributed by atoms with Gasteiger partial charge in [0.1, 0.15) is 0 Å². The first-order chi connectivity index (χ1) is 19.0. The molecule has 2 aliphatic heterocycles. The maximum absolute atomic E-state index is 13.2. The Bertz CT molecular complexity index is 1310. The molecule has 5 rings (SSSR count). The molecule has 1 aromatic carbocycles. The number of nitrogens with one attached hydrogen (secondary N) is 1. The number of aromatic nitrogens is 3. The second kappa shape index (κ2) is 12.2. The van der Waals surface area contributed by atoms with Gasteiger partial charge in [0.15, 0.2) is 19.5 Å². The second-order valence-corrected chi connectivity index (χ2v) is 9.82. The molecule has 0 spiro atoms. The Morgan fingerprint density at radius 3 is 2.49 bits per heavy atom. The summed E-state index contributed by atoms with van der Waals surface area (Å²) in [5.74, 6) is -0.215. The van der Waals surface area contributed by atoms with Crippen LogP contribution in [-0.2, 0) is 16.0 Å². The molecule has 0 atom stereocenters. The number of carbonyl (C=O) groups excluding carboxylic acids is 2. The highest BCUT2D eigenvalue weighted by Crippen LogP contribution is 2.27. The van der Waals surface area contributed by atoms with Crippen LogP contribution in [0.5, 0.6) is 0 Å². The van der Waals surface area contributed by atoms with Crippen molar-refractivity contribution in [1.29, 1.82) is 0 Å². The molecule has 2 aliphatic rings. The molecule has 2 aromatic heterocycles. The molecule has 39 heavy (non-hydrogen) atoms. The van der Waals surface area contributed by atoms with Crippen molar-refractivity contribution in [2.45, 2.75) is 12.8 Å². The third-order valence-electron chi connectivity index (χ3n) is 7.15. The van der Waals surface area contributed by atoms with Crippen molar-refractivity contribution in [1.82, 2.24) is 24.7 Å². The van der Waals surface area contributed by atoms with Crippen LogP contribution in [0.4, 0.5) is 17.2 Å². The highest BCUT2D eigenvalue weighted by atomic mass is 16.5. The van der Waals surface area contributed by atoms with Crippen LogP contribution >= 0.6 is 0 Å². The largest absolute Gasteiger partial charge is 0.382 e. The molecular formula is C27H33BN8O3. The summed E-state index contributed by atoms with van der Waals surface area (Å²) in [6, 6.07) is 9.68. The molecule has 2 saturated heterocycles. The quantitative estimate of drug-likeness (QED) is 0.429. The number of carbonyl (C=O) groups is 2. The number of aryl methyl sites for hydroxylation is 1. The van der Waals surface area contributed by atoms with E-state index in [0.29, 0.717) is 37.4 Å². The van der Waals surface area contributed by atoms with Crippen LogP contribution in [0.2, 0.25) is 0 Å². The minimum atomic E-state index is -0.455. The van der Waals surface area contributed by atoms with E-state index in [4.69, 9.17) is 10.5 Å². The van der Waals surface area contributed by atoms with Crippen LogP contribution in [0.3, 0.4) is 0 Å². The highest BCUT2D eigenvalue weighted by molar-refractivity contribution is 6.07. The fourth-order valence-electron chi connectivity index (χ4n) is 4.76. The van der Waals surface area contributed by atoms with Crippen molar-refractivity contribution >= 4 is 37.0 Å². The number of hydrogen-bond donors (Lipinski definition) is 2. The Balaban J connectivity index is 1.24. The number of nitrogens with zero attached hydrogens (tertiary/aromatic N) is 6. The maximum atomic E-state index is 13.2. The van der Waals surface area contributed by atoms with Gasteiger partial charge in [-0.2, -0.15) is 0 Å². The van der Waals surface area contributed by atoms with Crippen molar-refractivity contribution < 1.29 is 14.3 Å². The van der Waals surface area contributed by atoms with Crippen LogP contribution in [0.15, 0.2) is 48.9 Å². The summed E-state index contributed by atoms with van der Waals surface area (Å²) in [5, 5.41) is 2.90. The normalized spacial score (nSPS) is 16.2. The number of nitrogens with two attached hydrogens (primary N) is 1. The lowest BCUT2D eigenvalue weighted by Crippen LogP contribution is -2.47. The zero-order chi connectivity index (χ0) is 27.2. The van der Waals surface area contributed by atoms with Gasteiger partial charge in [0.2, 0.25) is 5.91 Å². The minimum absolute atomic E-state index is 0.0473. The predicted molar refractivity (Wildman–Crippen MR) is 152 cm³/mol. The molecule has 0 bridgehead atoms. The van der Waals surface area contributed by atoms with Crippen LogP contribution < -0.4 is 16.0 Å². The third-order valence-corrected chi connectivity index (χ3v) is 7.15. The van der Waals surface area contributed by atoms with Crippen molar-refractivity contribution in [3.8, 4) is 11.3 Å². The first-order valence-electron chi connectivity index (χ1n) is 13.2. The Kier molecular flexibility index (Phi) is 8.33. The van der Waals surface area contributed by atoms with Gasteiger partial charge >= 0.3 is 0 Å². The number of anilines is 3. The van der Waals surface area contributed by atoms with Gasteiger partial charge in [0, 0.05) is 57.4 Å². The van der Waals surface area contributed by atoms with E-state index in [0.717, 1.165) is 56.1 Å². The van der Waals surface area contributed by atoms with E-state index in [1.54, 1.807) is 18.6 Å². The standard InChI is InChI=1S/C27H33BN8O3/c28-36-11-9-35(10-12-36)24(37)6-3-19-1-4-20(5-2-19)21-18-31-26(29)25(32-21)27(38)33-22-17-30-8-7-23(22)34-13-15-39-16-14-34/h1-2,4-5,7-8,17-18H,3,6,9-16,28H2,(H2,29,31)(H,33,38). The van der Waals surface area contributed by atoms with E-state index in [2.05, 4.69) is 38.0 Å². The Morgan fingerprint density at radius 1 is 1.00 bits per heavy atom. The Labute approximate surface area is 228 Å². The van der Waals surface area contributed by atoms with Crippen molar-refractivity contribution in [2.24, 2.45) is 0 Å². The summed E-state index contributed by atoms with van der Waals surface area (Å²) in [5.41, 5.74) is 9.95. The number of piperazine rings is 1. The summed E-state index contributed by atoms with van der Waals surface area (Å²) in [7, 11) is 2.08. The monoisotopic (exact) mass is 528 g/mol. The molecule has 2 amide bonds. The molecule has 0 aliphatic carbocycles. The summed E-state index contributed by atoms with van der Waals surface area (Å²) in [6.07, 6.45) is 6.02. The summed E-state index contributed by atoms with van der Waals surface area (Å²) in [6.45, 7) is 6.11. The van der Waals surface area contributed by atoms with Crippen molar-refractivity contribution in [2.75, 3.05) is 68.4 Å². The number of amides is 2. The third kappa shape index (κ3) is 6.52. The smallest absolute Gasteiger partial charge is 0.278 e. The van der Waals surface area contributed by atoms with Crippen LogP contribution in [0, 0.1) is 0 Å². The lowest BCUT2D eigenvalue weighted by Gasteiger charge is -2.32. The predicted octanol–water partition coefficient (Wildman–Crippen LogP) is 0.835. The zero-order valence-electron chi connectivity index (χ0n) is 22.2. The highest BCUT2D eigenvalue weighted by Gasteiger charge is 2.21. The Hall–Kier alpha value is -4.03. The first-order valence-corrected chi connectivity index (χ1v) is 13.2. The number of hydrogen-bond acceptors (Lipinski definition) is 9. The number of benzene rings is 1. The van der Waals surface area contributed by atoms with E-state index in [-0.39, 0.29) is 17.4 Å². The molecule has 0 saturated carbocycles. The molecule has 12 heteroatoms. The molecule has 11 nitrogen and oxygen atoms in total. The molecule has 3 N–H and O–H groups in total. The maximum Gasteiger partial charge on any atom is 0.278 e. The SMILES string of the molecule is BN1CCN(C(=O)CCc2ccc(-c3cnc(N)c(C(=O)Nc4cnccc4N4CCOCC4)n3)cc2)CC1. The van der Waals surface area contributed by atoms with E-state index < -0.39 is 5.91 Å². The number of nitrogen functional groups attached to an aromatic ring is 1. The van der Waals surface area contributed by atoms with Gasteiger partial charge in [-0.1, -0.05) is 24.3 Å². The lowest BCUT2D eigenvalue weighted by atomic mass is 10.0. The van der Waals surface area contributed by atoms with Crippen LogP contribution in [0.1, 0.15) is 22.5 Å². The summed E-state index contributed by atoms with van der Waals surface area (Å²) >= 11 is 0. The fourth-order valence-corrected chi connectivity index (χ4v) is 4.76. The average Bonchev–Trinajstić information content (AvgIpc) is 2.97. The molecule has 202 valence electrons. The molecular weight excluding hydrogens is 495 g/mol. The first kappa shape index (κ1) is 26.6. The van der Waals surface area contributed by atoms with Gasteiger partial charge < -0.3 is 30.4 Å². The minimum Gasteiger partial charge on any atom is -0.382 e. The zero-order valence-corrected chi connectivity index (χ0v) is 22.2. The van der Waals surface area contributed by atoms with Gasteiger partial charge in [0.05, 0.1) is 42.7 Å². The van der Waals surface area contributed by atoms with Gasteiger partial charge in [-0.3, -0.25) is 14.6 Å². The number of morpholine rings is 1. The van der Waals surface area contributed by atoms with E-state index >= 15 is 0 Å². The molecule has 2 fully saturated rings. The topological polar surface area (TPSA) is 130 Å². The second-order valence-electron chi connectivity index (χ2n) is 9.82. The van der Waals surface area contributed by atoms with Crippen molar-refractivity contribution in [3.05, 3.63) is 60.2 Å². The van der Waals surface area contributed by atoms with Crippen LogP contribution in [-0.4, -0.2) is 96.9 Å². The molecule has 4 heterocycles. The molecule has 0 unspecified atom stereocenters. The van der Waals surface area contributed by atoms with E-state index in [1.807, 2.05) is 35.2 Å². The van der Waals surface area contributed by atoms with Crippen molar-refractivity contribution in [3.63, 3.8) is 0 Å². The van der Waals surface area contributed by atoms with Crippen LogP contribution in [0.25, 0.3) is 11.3 Å². The number of ether oxygens (including phenoxy) is 1. The average molecular weight is 528 g/mol. The molecule has 0 radical (unpaired) electrons.